The Bertz CT molecular complexity index is 600. The molecule has 0 unspecified atom stereocenters. The fraction of sp³-hybridized carbons (Fsp3) is 0.969. The third-order valence-electron chi connectivity index (χ3n) is 7.84. The van der Waals surface area contributed by atoms with E-state index >= 15 is 0 Å². The van der Waals surface area contributed by atoms with E-state index in [1.54, 1.807) is 0 Å². The number of phosphoric acid groups is 1. The summed E-state index contributed by atoms with van der Waals surface area (Å²) in [5.41, 5.74) is 0. The molecule has 0 bridgehead atoms. The van der Waals surface area contributed by atoms with Crippen LogP contribution in [0.15, 0.2) is 0 Å². The first-order chi connectivity index (χ1) is 19.3. The zero-order valence-corrected chi connectivity index (χ0v) is 27.2. The Morgan fingerprint density at radius 2 is 0.975 bits per heavy atom. The van der Waals surface area contributed by atoms with Crippen molar-refractivity contribution in [2.45, 2.75) is 193 Å². The summed E-state index contributed by atoms with van der Waals surface area (Å²) in [4.78, 5) is 30.7. The van der Waals surface area contributed by atoms with E-state index in [1.165, 1.54) is 116 Å². The summed E-state index contributed by atoms with van der Waals surface area (Å²) in [6.07, 6.45) is 29.4. The highest BCUT2D eigenvalue weighted by Crippen LogP contribution is 2.36. The average molecular weight is 592 g/mol. The van der Waals surface area contributed by atoms with Crippen molar-refractivity contribution in [3.8, 4) is 0 Å². The Hall–Kier alpha value is -0.460. The molecule has 0 aromatic heterocycles. The molecule has 0 aliphatic heterocycles. The second-order valence-electron chi connectivity index (χ2n) is 11.8. The third kappa shape index (κ3) is 29.0. The van der Waals surface area contributed by atoms with Gasteiger partial charge in [0.05, 0.1) is 18.8 Å². The van der Waals surface area contributed by atoms with Gasteiger partial charge in [0.15, 0.2) is 0 Å². The van der Waals surface area contributed by atoms with E-state index in [9.17, 15) is 14.5 Å². The number of carbonyl (C=O) groups excluding carboxylic acids is 1. The van der Waals surface area contributed by atoms with Crippen molar-refractivity contribution in [2.75, 3.05) is 6.61 Å². The summed E-state index contributed by atoms with van der Waals surface area (Å²) in [5.74, 6) is -0.194. The van der Waals surface area contributed by atoms with Crippen LogP contribution < -0.4 is 5.32 Å². The van der Waals surface area contributed by atoms with Gasteiger partial charge in [0.25, 0.3) is 0 Å². The molecule has 4 N–H and O–H groups in total. The molecule has 7 nitrogen and oxygen atoms in total. The van der Waals surface area contributed by atoms with Crippen LogP contribution in [0.3, 0.4) is 0 Å². The number of amides is 1. The summed E-state index contributed by atoms with van der Waals surface area (Å²) in [7, 11) is -4.67. The molecular formula is C32H66NO6P. The van der Waals surface area contributed by atoms with Gasteiger partial charge in [-0.2, -0.15) is 0 Å². The lowest BCUT2D eigenvalue weighted by molar-refractivity contribution is -0.123. The Morgan fingerprint density at radius 1 is 0.625 bits per heavy atom. The zero-order valence-electron chi connectivity index (χ0n) is 26.3. The van der Waals surface area contributed by atoms with Gasteiger partial charge in [-0.25, -0.2) is 4.57 Å². The van der Waals surface area contributed by atoms with Crippen molar-refractivity contribution < 1.29 is 28.8 Å². The fourth-order valence-corrected chi connectivity index (χ4v) is 5.58. The molecule has 0 aliphatic carbocycles. The average Bonchev–Trinajstić information content (AvgIpc) is 2.91. The van der Waals surface area contributed by atoms with E-state index in [0.29, 0.717) is 12.8 Å². The molecule has 0 aromatic rings. The molecule has 0 saturated carbocycles. The van der Waals surface area contributed by atoms with Crippen LogP contribution in [-0.4, -0.2) is 39.6 Å². The number of hydrogen-bond acceptors (Lipinski definition) is 4. The van der Waals surface area contributed by atoms with E-state index in [2.05, 4.69) is 23.7 Å². The highest BCUT2D eigenvalue weighted by Gasteiger charge is 2.25. The van der Waals surface area contributed by atoms with Crippen LogP contribution in [0.5, 0.6) is 0 Å². The number of aliphatic hydroxyl groups is 1. The maximum absolute atomic E-state index is 12.5. The molecule has 1 amide bonds. The lowest BCUT2D eigenvalue weighted by Gasteiger charge is -2.24. The smallest absolute Gasteiger partial charge is 0.391 e. The van der Waals surface area contributed by atoms with E-state index in [4.69, 9.17) is 9.79 Å². The largest absolute Gasteiger partial charge is 0.469 e. The lowest BCUT2D eigenvalue weighted by Crippen LogP contribution is -2.46. The predicted molar refractivity (Wildman–Crippen MR) is 167 cm³/mol. The SMILES string of the molecule is CCCCCCCCCCCCCCCC(=O)N[C@@H](COP(=O)(O)O)[C@H](O)CCCCCCCCCCCCC. The minimum absolute atomic E-state index is 0.194. The summed E-state index contributed by atoms with van der Waals surface area (Å²) in [6.45, 7) is 4.09. The minimum atomic E-state index is -4.67. The van der Waals surface area contributed by atoms with Crippen LogP contribution in [0, 0.1) is 0 Å². The van der Waals surface area contributed by atoms with Crippen molar-refractivity contribution >= 4 is 13.7 Å². The van der Waals surface area contributed by atoms with Crippen LogP contribution in [0.2, 0.25) is 0 Å². The molecular weight excluding hydrogens is 525 g/mol. The van der Waals surface area contributed by atoms with Crippen LogP contribution >= 0.6 is 7.82 Å². The molecule has 0 heterocycles. The number of carbonyl (C=O) groups is 1. The first-order valence-corrected chi connectivity index (χ1v) is 18.5. The molecule has 0 saturated heterocycles. The summed E-state index contributed by atoms with van der Waals surface area (Å²) < 4.78 is 15.8. The van der Waals surface area contributed by atoms with Crippen molar-refractivity contribution in [3.63, 3.8) is 0 Å². The number of nitrogens with one attached hydrogen (secondary N) is 1. The van der Waals surface area contributed by atoms with Gasteiger partial charge in [0, 0.05) is 6.42 Å². The molecule has 0 rings (SSSR count). The van der Waals surface area contributed by atoms with E-state index in [0.717, 1.165) is 38.5 Å². The monoisotopic (exact) mass is 591 g/mol. The van der Waals surface area contributed by atoms with Crippen LogP contribution in [0.1, 0.15) is 181 Å². The van der Waals surface area contributed by atoms with Crippen molar-refractivity contribution in [1.82, 2.24) is 5.32 Å². The van der Waals surface area contributed by atoms with Crippen LogP contribution in [0.25, 0.3) is 0 Å². The fourth-order valence-electron chi connectivity index (χ4n) is 5.23. The second kappa shape index (κ2) is 28.6. The number of unbranched alkanes of at least 4 members (excludes halogenated alkanes) is 22. The molecule has 0 radical (unpaired) electrons. The van der Waals surface area contributed by atoms with E-state index in [1.807, 2.05) is 0 Å². The van der Waals surface area contributed by atoms with Crippen molar-refractivity contribution in [1.29, 1.82) is 0 Å². The van der Waals surface area contributed by atoms with Crippen molar-refractivity contribution in [2.24, 2.45) is 0 Å². The van der Waals surface area contributed by atoms with Gasteiger partial charge >= 0.3 is 7.82 Å². The Kier molecular flexibility index (Phi) is 28.3. The first kappa shape index (κ1) is 39.5. The number of hydrogen-bond donors (Lipinski definition) is 4. The van der Waals surface area contributed by atoms with E-state index < -0.39 is 26.6 Å². The molecule has 0 aliphatic rings. The van der Waals surface area contributed by atoms with Gasteiger partial charge in [-0.3, -0.25) is 9.32 Å². The summed E-state index contributed by atoms with van der Waals surface area (Å²) in [5, 5.41) is 13.4. The second-order valence-corrected chi connectivity index (χ2v) is 13.1. The highest BCUT2D eigenvalue weighted by atomic mass is 31.2. The molecule has 40 heavy (non-hydrogen) atoms. The maximum Gasteiger partial charge on any atom is 0.469 e. The van der Waals surface area contributed by atoms with Crippen LogP contribution in [-0.2, 0) is 13.9 Å². The quantitative estimate of drug-likeness (QED) is 0.0472. The van der Waals surface area contributed by atoms with Gasteiger partial charge in [-0.05, 0) is 12.8 Å². The van der Waals surface area contributed by atoms with Crippen LogP contribution in [0.4, 0.5) is 0 Å². The molecule has 0 spiro atoms. The number of rotatable bonds is 31. The molecule has 0 aromatic carbocycles. The number of phosphoric ester groups is 1. The summed E-state index contributed by atoms with van der Waals surface area (Å²) >= 11 is 0. The van der Waals surface area contributed by atoms with Gasteiger partial charge in [0.2, 0.25) is 5.91 Å². The van der Waals surface area contributed by atoms with Gasteiger partial charge in [-0.15, -0.1) is 0 Å². The third-order valence-corrected chi connectivity index (χ3v) is 8.33. The van der Waals surface area contributed by atoms with E-state index in [-0.39, 0.29) is 5.91 Å². The predicted octanol–water partition coefficient (Wildman–Crippen LogP) is 9.12. The molecule has 2 atom stereocenters. The molecule has 240 valence electrons. The number of aliphatic hydroxyl groups excluding tert-OH is 1. The lowest BCUT2D eigenvalue weighted by atomic mass is 10.0. The first-order valence-electron chi connectivity index (χ1n) is 17.0. The van der Waals surface area contributed by atoms with Gasteiger partial charge in [0.1, 0.15) is 0 Å². The zero-order chi connectivity index (χ0) is 29.7. The highest BCUT2D eigenvalue weighted by molar-refractivity contribution is 7.46. The maximum atomic E-state index is 12.5. The molecule has 8 heteroatoms. The minimum Gasteiger partial charge on any atom is -0.391 e. The standard InChI is InChI=1S/C32H66NO6P/c1-3-5-7-9-11-13-15-16-18-20-22-24-26-28-32(35)33-30(29-39-40(36,37)38)31(34)27-25-23-21-19-17-14-12-10-8-6-4-2/h30-31,34H,3-29H2,1-2H3,(H,33,35)(H2,36,37,38)/t30-,31+/m0/s1. The summed E-state index contributed by atoms with van der Waals surface area (Å²) in [6, 6.07) is -0.815. The topological polar surface area (TPSA) is 116 Å². The Morgan fingerprint density at radius 3 is 1.35 bits per heavy atom. The Balaban J connectivity index is 4.01. The van der Waals surface area contributed by atoms with Crippen molar-refractivity contribution in [3.05, 3.63) is 0 Å². The molecule has 0 fully saturated rings. The van der Waals surface area contributed by atoms with Gasteiger partial charge < -0.3 is 20.2 Å². The normalized spacial score (nSPS) is 13.4. The van der Waals surface area contributed by atoms with Gasteiger partial charge in [-0.1, -0.05) is 162 Å². The Labute approximate surface area is 247 Å².